The van der Waals surface area contributed by atoms with Gasteiger partial charge in [0, 0.05) is 35.3 Å². The zero-order valence-electron chi connectivity index (χ0n) is 17.7. The largest absolute Gasteiger partial charge is 0.306 e. The number of aromatic nitrogens is 2. The number of hydrogen-bond donors (Lipinski definition) is 0. The molecular weight excluding hydrogens is 462 g/mol. The number of amides is 1. The molecule has 2 aromatic rings. The van der Waals surface area contributed by atoms with E-state index in [1.807, 2.05) is 6.20 Å². The van der Waals surface area contributed by atoms with E-state index in [1.165, 1.54) is 11.2 Å². The lowest BCUT2D eigenvalue weighted by Crippen LogP contribution is -2.49. The maximum Gasteiger partial charge on any atom is 0.256 e. The minimum absolute atomic E-state index is 0.0273. The number of halogens is 3. The Morgan fingerprint density at radius 2 is 1.97 bits per heavy atom. The van der Waals surface area contributed by atoms with E-state index in [4.69, 9.17) is 11.6 Å². The first-order valence-electron chi connectivity index (χ1n) is 10.4. The van der Waals surface area contributed by atoms with E-state index in [0.717, 1.165) is 11.1 Å². The standard InChI is InChI=1S/C21H25ClF2N4O3S/c1-32(30,31)9-8-27-13-15(11-25-27)12-26-6-4-21(5-7-26)17-10-16(22)2-3-18(17)28(20(21)29)14-19(23)24/h2-3,10-11,13,19H,4-9,12,14H2,1H3. The number of hydrogen-bond acceptors (Lipinski definition) is 5. The molecule has 0 saturated carbocycles. The number of aryl methyl sites for hydroxylation is 1. The van der Waals surface area contributed by atoms with Crippen molar-refractivity contribution < 1.29 is 22.0 Å². The van der Waals surface area contributed by atoms with Crippen molar-refractivity contribution in [1.82, 2.24) is 14.7 Å². The molecule has 0 radical (unpaired) electrons. The van der Waals surface area contributed by atoms with Crippen molar-refractivity contribution in [2.24, 2.45) is 0 Å². The van der Waals surface area contributed by atoms with Gasteiger partial charge in [-0.25, -0.2) is 17.2 Å². The van der Waals surface area contributed by atoms with Gasteiger partial charge >= 0.3 is 0 Å². The molecule has 7 nitrogen and oxygen atoms in total. The van der Waals surface area contributed by atoms with Gasteiger partial charge in [-0.3, -0.25) is 14.4 Å². The molecule has 0 bridgehead atoms. The molecular formula is C21H25ClF2N4O3S. The smallest absolute Gasteiger partial charge is 0.256 e. The Balaban J connectivity index is 1.45. The second-order valence-electron chi connectivity index (χ2n) is 8.57. The summed E-state index contributed by atoms with van der Waals surface area (Å²) in [5, 5.41) is 4.71. The predicted molar refractivity (Wildman–Crippen MR) is 118 cm³/mol. The molecule has 3 heterocycles. The van der Waals surface area contributed by atoms with Crippen LogP contribution < -0.4 is 4.90 Å². The molecule has 2 aliphatic heterocycles. The summed E-state index contributed by atoms with van der Waals surface area (Å²) in [6.45, 7) is 1.54. The number of piperidine rings is 1. The number of alkyl halides is 2. The fourth-order valence-electron chi connectivity index (χ4n) is 4.63. The summed E-state index contributed by atoms with van der Waals surface area (Å²) < 4.78 is 50.6. The molecule has 1 spiro atoms. The molecule has 1 aromatic heterocycles. The molecule has 4 rings (SSSR count). The van der Waals surface area contributed by atoms with Gasteiger partial charge < -0.3 is 4.90 Å². The Morgan fingerprint density at radius 1 is 1.25 bits per heavy atom. The van der Waals surface area contributed by atoms with Crippen LogP contribution in [-0.2, 0) is 33.1 Å². The van der Waals surface area contributed by atoms with Gasteiger partial charge in [0.2, 0.25) is 5.91 Å². The Morgan fingerprint density at radius 3 is 2.62 bits per heavy atom. The number of fused-ring (bicyclic) bond motifs is 2. The maximum absolute atomic E-state index is 13.3. The van der Waals surface area contributed by atoms with Gasteiger partial charge in [-0.1, -0.05) is 11.6 Å². The van der Waals surface area contributed by atoms with Gasteiger partial charge in [0.05, 0.1) is 30.5 Å². The molecule has 2 aliphatic rings. The second-order valence-corrected chi connectivity index (χ2v) is 11.3. The van der Waals surface area contributed by atoms with Crippen LogP contribution in [0.1, 0.15) is 24.0 Å². The first-order valence-corrected chi connectivity index (χ1v) is 12.8. The summed E-state index contributed by atoms with van der Waals surface area (Å²) in [5.41, 5.74) is 1.39. The van der Waals surface area contributed by atoms with E-state index < -0.39 is 28.2 Å². The van der Waals surface area contributed by atoms with Gasteiger partial charge in [0.25, 0.3) is 6.43 Å². The third-order valence-electron chi connectivity index (χ3n) is 6.23. The quantitative estimate of drug-likeness (QED) is 0.601. The lowest BCUT2D eigenvalue weighted by Gasteiger charge is -2.38. The van der Waals surface area contributed by atoms with E-state index in [-0.39, 0.29) is 11.7 Å². The van der Waals surface area contributed by atoms with Crippen LogP contribution in [0.4, 0.5) is 14.5 Å². The normalized spacial score (nSPS) is 18.7. The van der Waals surface area contributed by atoms with Crippen molar-refractivity contribution >= 4 is 33.0 Å². The Labute approximate surface area is 190 Å². The number of nitrogens with zero attached hydrogens (tertiary/aromatic N) is 4. The third kappa shape index (κ3) is 4.67. The number of carbonyl (C=O) groups is 1. The highest BCUT2D eigenvalue weighted by atomic mass is 35.5. The van der Waals surface area contributed by atoms with Gasteiger partial charge in [0.1, 0.15) is 9.84 Å². The molecule has 0 aliphatic carbocycles. The molecule has 0 unspecified atom stereocenters. The number of sulfone groups is 1. The minimum atomic E-state index is -3.06. The maximum atomic E-state index is 13.3. The number of rotatable bonds is 7. The number of likely N-dealkylation sites (tertiary alicyclic amines) is 1. The summed E-state index contributed by atoms with van der Waals surface area (Å²) >= 11 is 6.18. The van der Waals surface area contributed by atoms with Crippen LogP contribution in [0.5, 0.6) is 0 Å². The fourth-order valence-corrected chi connectivity index (χ4v) is 5.32. The average molecular weight is 487 g/mol. The Bertz CT molecular complexity index is 1110. The lowest BCUT2D eigenvalue weighted by atomic mass is 9.73. The van der Waals surface area contributed by atoms with Crippen molar-refractivity contribution in [2.45, 2.75) is 37.8 Å². The summed E-state index contributed by atoms with van der Waals surface area (Å²) in [6, 6.07) is 5.02. The van der Waals surface area contributed by atoms with E-state index in [2.05, 4.69) is 10.00 Å². The highest BCUT2D eigenvalue weighted by molar-refractivity contribution is 7.90. The topological polar surface area (TPSA) is 75.5 Å². The molecule has 1 aromatic carbocycles. The first kappa shape index (κ1) is 23.1. The molecule has 0 atom stereocenters. The molecule has 1 amide bonds. The van der Waals surface area contributed by atoms with Crippen LogP contribution in [0, 0.1) is 0 Å². The molecule has 1 fully saturated rings. The van der Waals surface area contributed by atoms with Crippen molar-refractivity contribution in [3.05, 3.63) is 46.7 Å². The molecule has 32 heavy (non-hydrogen) atoms. The predicted octanol–water partition coefficient (Wildman–Crippen LogP) is 2.73. The molecule has 1 saturated heterocycles. The number of anilines is 1. The van der Waals surface area contributed by atoms with Crippen molar-refractivity contribution in [3.8, 4) is 0 Å². The highest BCUT2D eigenvalue weighted by Crippen LogP contribution is 2.49. The van der Waals surface area contributed by atoms with Crippen molar-refractivity contribution in [3.63, 3.8) is 0 Å². The zero-order chi connectivity index (χ0) is 23.1. The molecule has 174 valence electrons. The minimum Gasteiger partial charge on any atom is -0.306 e. The van der Waals surface area contributed by atoms with Crippen molar-refractivity contribution in [2.75, 3.05) is 36.5 Å². The Kier molecular flexibility index (Phi) is 6.30. The van der Waals surface area contributed by atoms with Crippen LogP contribution in [0.3, 0.4) is 0 Å². The van der Waals surface area contributed by atoms with Crippen LogP contribution in [-0.4, -0.2) is 67.1 Å². The monoisotopic (exact) mass is 486 g/mol. The number of benzene rings is 1. The Hall–Kier alpha value is -2.04. The summed E-state index contributed by atoms with van der Waals surface area (Å²) in [4.78, 5) is 16.7. The van der Waals surface area contributed by atoms with E-state index >= 15 is 0 Å². The van der Waals surface area contributed by atoms with Gasteiger partial charge in [-0.05, 0) is 49.7 Å². The summed E-state index contributed by atoms with van der Waals surface area (Å²) in [6.07, 6.45) is 3.15. The van der Waals surface area contributed by atoms with E-state index in [9.17, 15) is 22.0 Å². The second kappa shape index (κ2) is 8.72. The van der Waals surface area contributed by atoms with Crippen LogP contribution in [0.2, 0.25) is 5.02 Å². The summed E-state index contributed by atoms with van der Waals surface area (Å²) in [5.74, 6) is -0.247. The lowest BCUT2D eigenvalue weighted by molar-refractivity contribution is -0.125. The fraction of sp³-hybridized carbons (Fsp3) is 0.524. The first-order chi connectivity index (χ1) is 15.1. The van der Waals surface area contributed by atoms with E-state index in [1.54, 1.807) is 29.1 Å². The highest BCUT2D eigenvalue weighted by Gasteiger charge is 2.52. The van der Waals surface area contributed by atoms with Crippen LogP contribution in [0.15, 0.2) is 30.6 Å². The van der Waals surface area contributed by atoms with E-state index in [0.29, 0.717) is 49.7 Å². The third-order valence-corrected chi connectivity index (χ3v) is 7.39. The van der Waals surface area contributed by atoms with Gasteiger partial charge in [0.15, 0.2) is 0 Å². The van der Waals surface area contributed by atoms with Crippen LogP contribution >= 0.6 is 11.6 Å². The molecule has 0 N–H and O–H groups in total. The van der Waals surface area contributed by atoms with Crippen LogP contribution in [0.25, 0.3) is 0 Å². The zero-order valence-corrected chi connectivity index (χ0v) is 19.2. The van der Waals surface area contributed by atoms with Gasteiger partial charge in [-0.15, -0.1) is 0 Å². The summed E-state index contributed by atoms with van der Waals surface area (Å²) in [7, 11) is -3.06. The van der Waals surface area contributed by atoms with Crippen molar-refractivity contribution in [1.29, 1.82) is 0 Å². The average Bonchev–Trinajstić information content (AvgIpc) is 3.25. The molecule has 11 heteroatoms. The number of carbonyl (C=O) groups excluding carboxylic acids is 1. The SMILES string of the molecule is CS(=O)(=O)CCn1cc(CN2CCC3(CC2)C(=O)N(CC(F)F)c2ccc(Cl)cc23)cn1. The van der Waals surface area contributed by atoms with Gasteiger partial charge in [-0.2, -0.15) is 5.10 Å².